The average Bonchev–Trinajstić information content (AvgIpc) is 2.93. The van der Waals surface area contributed by atoms with Crippen molar-refractivity contribution in [2.24, 2.45) is 46.2 Å². The van der Waals surface area contributed by atoms with Crippen LogP contribution in [0.4, 0.5) is 0 Å². The first-order valence-electron chi connectivity index (χ1n) is 10.1. The van der Waals surface area contributed by atoms with Crippen LogP contribution in [0, 0.1) is 40.4 Å². The van der Waals surface area contributed by atoms with Gasteiger partial charge in [0.15, 0.2) is 0 Å². The number of hydrogen-bond acceptors (Lipinski definition) is 2. The van der Waals surface area contributed by atoms with E-state index in [-0.39, 0.29) is 10.8 Å². The summed E-state index contributed by atoms with van der Waals surface area (Å²) in [7, 11) is 0. The van der Waals surface area contributed by atoms with E-state index >= 15 is 0 Å². The van der Waals surface area contributed by atoms with Gasteiger partial charge >= 0.3 is 0 Å². The number of nitrogens with two attached hydrogens (primary N) is 1. The molecule has 3 fully saturated rings. The van der Waals surface area contributed by atoms with Crippen LogP contribution >= 0.6 is 23.2 Å². The Morgan fingerprint density at radius 1 is 1.16 bits per heavy atom. The molecule has 0 bridgehead atoms. The van der Waals surface area contributed by atoms with Crippen LogP contribution in [0.5, 0.6) is 0 Å². The van der Waals surface area contributed by atoms with E-state index < -0.39 is 0 Å². The van der Waals surface area contributed by atoms with E-state index in [1.807, 2.05) is 0 Å². The second kappa shape index (κ2) is 7.34. The van der Waals surface area contributed by atoms with Gasteiger partial charge in [0.25, 0.3) is 0 Å². The molecule has 2 nitrogen and oxygen atoms in total. The SMILES string of the molecule is C[C@H]1CC[C@](C)(C2CC[C@]3(C)C(=C(Cl)Cl)CCC3[C@@H]2CN)[C@@H](CO)C1. The van der Waals surface area contributed by atoms with Gasteiger partial charge in [-0.15, -0.1) is 0 Å². The molecule has 3 aliphatic carbocycles. The minimum absolute atomic E-state index is 0.117. The summed E-state index contributed by atoms with van der Waals surface area (Å²) in [5, 5.41) is 10.1. The van der Waals surface area contributed by atoms with Gasteiger partial charge in [-0.2, -0.15) is 0 Å². The lowest BCUT2D eigenvalue weighted by atomic mass is 9.49. The van der Waals surface area contributed by atoms with Crippen molar-refractivity contribution in [3.63, 3.8) is 0 Å². The smallest absolute Gasteiger partial charge is 0.106 e. The monoisotopic (exact) mass is 387 g/mol. The summed E-state index contributed by atoms with van der Waals surface area (Å²) in [5.74, 6) is 2.83. The van der Waals surface area contributed by atoms with Crippen LogP contribution in [0.25, 0.3) is 0 Å². The van der Waals surface area contributed by atoms with Crippen LogP contribution in [0.15, 0.2) is 10.1 Å². The van der Waals surface area contributed by atoms with Gasteiger partial charge in [-0.05, 0) is 91.1 Å². The van der Waals surface area contributed by atoms with Crippen LogP contribution in [0.1, 0.15) is 65.7 Å². The molecule has 0 aliphatic heterocycles. The second-order valence-corrected chi connectivity index (χ2v) is 10.6. The Kier molecular flexibility index (Phi) is 5.87. The molecule has 0 radical (unpaired) electrons. The molecule has 3 saturated carbocycles. The Morgan fingerprint density at radius 3 is 2.48 bits per heavy atom. The maximum Gasteiger partial charge on any atom is 0.106 e. The minimum atomic E-state index is 0.117. The first kappa shape index (κ1) is 20.0. The quantitative estimate of drug-likeness (QED) is 0.669. The van der Waals surface area contributed by atoms with Gasteiger partial charge < -0.3 is 10.8 Å². The number of allylic oxidation sites excluding steroid dienone is 1. The largest absolute Gasteiger partial charge is 0.396 e. The molecule has 2 unspecified atom stereocenters. The Balaban J connectivity index is 1.91. The van der Waals surface area contributed by atoms with E-state index in [2.05, 4.69) is 20.8 Å². The van der Waals surface area contributed by atoms with Crippen LogP contribution in [0.3, 0.4) is 0 Å². The number of aliphatic hydroxyl groups excluding tert-OH is 1. The topological polar surface area (TPSA) is 46.2 Å². The van der Waals surface area contributed by atoms with Crippen molar-refractivity contribution in [2.45, 2.75) is 65.7 Å². The highest BCUT2D eigenvalue weighted by atomic mass is 35.5. The molecule has 0 aromatic rings. The van der Waals surface area contributed by atoms with Crippen LogP contribution in [-0.2, 0) is 0 Å². The number of fused-ring (bicyclic) bond motifs is 1. The molecule has 0 heterocycles. The van der Waals surface area contributed by atoms with Crippen LogP contribution in [-0.4, -0.2) is 18.3 Å². The molecular formula is C21H35Cl2NO. The molecule has 3 rings (SSSR count). The summed E-state index contributed by atoms with van der Waals surface area (Å²) in [5.41, 5.74) is 7.96. The van der Waals surface area contributed by atoms with Crippen LogP contribution < -0.4 is 5.73 Å². The molecule has 3 aliphatic rings. The zero-order valence-electron chi connectivity index (χ0n) is 16.0. The fraction of sp³-hybridized carbons (Fsp3) is 0.905. The van der Waals surface area contributed by atoms with Crippen molar-refractivity contribution in [2.75, 3.05) is 13.2 Å². The zero-order chi connectivity index (χ0) is 18.4. The summed E-state index contributed by atoms with van der Waals surface area (Å²) in [6.07, 6.45) is 8.17. The maximum atomic E-state index is 10.1. The highest BCUT2D eigenvalue weighted by Gasteiger charge is 2.56. The van der Waals surface area contributed by atoms with Crippen molar-refractivity contribution < 1.29 is 5.11 Å². The first-order chi connectivity index (χ1) is 11.8. The molecule has 0 spiro atoms. The molecule has 0 saturated heterocycles. The highest BCUT2D eigenvalue weighted by Crippen LogP contribution is 2.64. The predicted octanol–water partition coefficient (Wildman–Crippen LogP) is 5.51. The van der Waals surface area contributed by atoms with Gasteiger partial charge in [-0.25, -0.2) is 0 Å². The molecule has 144 valence electrons. The lowest BCUT2D eigenvalue weighted by Crippen LogP contribution is -2.52. The Labute approximate surface area is 163 Å². The van der Waals surface area contributed by atoms with Crippen LogP contribution in [0.2, 0.25) is 0 Å². The van der Waals surface area contributed by atoms with E-state index in [0.29, 0.717) is 34.8 Å². The van der Waals surface area contributed by atoms with E-state index in [4.69, 9.17) is 28.9 Å². The van der Waals surface area contributed by atoms with Gasteiger partial charge in [0.1, 0.15) is 4.49 Å². The van der Waals surface area contributed by atoms with Gasteiger partial charge in [-0.1, -0.05) is 50.4 Å². The third kappa shape index (κ3) is 3.20. The second-order valence-electron chi connectivity index (χ2n) is 9.61. The van der Waals surface area contributed by atoms with Crippen molar-refractivity contribution in [1.82, 2.24) is 0 Å². The Hall–Kier alpha value is 0.240. The van der Waals surface area contributed by atoms with Crippen molar-refractivity contribution in [1.29, 1.82) is 0 Å². The molecule has 25 heavy (non-hydrogen) atoms. The van der Waals surface area contributed by atoms with Gasteiger partial charge in [0.05, 0.1) is 0 Å². The van der Waals surface area contributed by atoms with E-state index in [1.54, 1.807) is 0 Å². The Bertz CT molecular complexity index is 532. The lowest BCUT2D eigenvalue weighted by Gasteiger charge is -2.56. The van der Waals surface area contributed by atoms with Gasteiger partial charge in [0.2, 0.25) is 0 Å². The van der Waals surface area contributed by atoms with Crippen molar-refractivity contribution >= 4 is 23.2 Å². The summed E-state index contributed by atoms with van der Waals surface area (Å²) < 4.78 is 0.491. The van der Waals surface area contributed by atoms with Gasteiger partial charge in [0, 0.05) is 6.61 Å². The molecule has 0 aromatic heterocycles. The minimum Gasteiger partial charge on any atom is -0.396 e. The predicted molar refractivity (Wildman–Crippen MR) is 107 cm³/mol. The summed E-state index contributed by atoms with van der Waals surface area (Å²) in [6, 6.07) is 0. The standard InChI is InChI=1S/C21H35Cl2NO/c1-13-6-8-20(2,14(10-13)12-25)17-7-9-21(3)16(15(17)11-24)4-5-18(21)19(22)23/h13-17,25H,4-12,24H2,1-3H3/t13-,14+,15-,16?,17?,20-,21-/m0/s1. The normalized spacial score (nSPS) is 47.6. The number of aliphatic hydroxyl groups is 1. The molecule has 3 N–H and O–H groups in total. The maximum absolute atomic E-state index is 10.1. The summed E-state index contributed by atoms with van der Waals surface area (Å²) >= 11 is 12.5. The zero-order valence-corrected chi connectivity index (χ0v) is 17.5. The van der Waals surface area contributed by atoms with E-state index in [1.165, 1.54) is 24.8 Å². The lowest BCUT2D eigenvalue weighted by molar-refractivity contribution is -0.0769. The van der Waals surface area contributed by atoms with Crippen molar-refractivity contribution in [3.8, 4) is 0 Å². The Morgan fingerprint density at radius 2 is 1.88 bits per heavy atom. The summed E-state index contributed by atoms with van der Waals surface area (Å²) in [4.78, 5) is 0. The van der Waals surface area contributed by atoms with E-state index in [0.717, 1.165) is 38.1 Å². The molecule has 4 heteroatoms. The number of rotatable bonds is 3. The summed E-state index contributed by atoms with van der Waals surface area (Å²) in [6.45, 7) is 8.18. The third-order valence-corrected chi connectivity index (χ3v) is 9.04. The molecule has 0 amide bonds. The first-order valence-corrected chi connectivity index (χ1v) is 10.9. The highest BCUT2D eigenvalue weighted by molar-refractivity contribution is 6.56. The van der Waals surface area contributed by atoms with E-state index in [9.17, 15) is 5.11 Å². The average molecular weight is 388 g/mol. The fourth-order valence-electron chi connectivity index (χ4n) is 6.96. The fourth-order valence-corrected chi connectivity index (χ4v) is 7.58. The molecule has 0 aromatic carbocycles. The number of halogens is 2. The molecular weight excluding hydrogens is 353 g/mol. The van der Waals surface area contributed by atoms with Gasteiger partial charge in [-0.3, -0.25) is 0 Å². The third-order valence-electron chi connectivity index (χ3n) is 8.58. The molecule has 7 atom stereocenters. The van der Waals surface area contributed by atoms with Crippen molar-refractivity contribution in [3.05, 3.63) is 10.1 Å². The number of hydrogen-bond donors (Lipinski definition) is 2.